The highest BCUT2D eigenvalue weighted by Gasteiger charge is 2.03. The summed E-state index contributed by atoms with van der Waals surface area (Å²) in [5, 5.41) is 2.71. The Bertz CT molecular complexity index is 328. The minimum Gasteiger partial charge on any atom is -0.397 e. The van der Waals surface area contributed by atoms with Gasteiger partial charge in [-0.2, -0.15) is 0 Å². The first kappa shape index (κ1) is 11.5. The summed E-state index contributed by atoms with van der Waals surface area (Å²) in [4.78, 5) is 15.3. The fourth-order valence-corrected chi connectivity index (χ4v) is 1.06. The van der Waals surface area contributed by atoms with E-state index in [1.54, 1.807) is 25.4 Å². The predicted molar refractivity (Wildman–Crippen MR) is 57.0 cm³/mol. The number of carbonyl (C=O) groups is 1. The van der Waals surface area contributed by atoms with Crippen LogP contribution in [0.2, 0.25) is 0 Å². The molecule has 0 aliphatic rings. The third kappa shape index (κ3) is 3.95. The second-order valence-corrected chi connectivity index (χ2v) is 3.06. The smallest absolute Gasteiger partial charge is 0.222 e. The molecule has 0 aliphatic carbocycles. The molecular formula is C10H15N3O2. The average molecular weight is 209 g/mol. The summed E-state index contributed by atoms with van der Waals surface area (Å²) in [5.74, 6) is -0.0677. The van der Waals surface area contributed by atoms with Crippen LogP contribution < -0.4 is 11.1 Å². The molecular weight excluding hydrogens is 194 g/mol. The number of aromatic nitrogens is 1. The Morgan fingerprint density at radius 3 is 3.13 bits per heavy atom. The largest absolute Gasteiger partial charge is 0.397 e. The van der Waals surface area contributed by atoms with Gasteiger partial charge >= 0.3 is 0 Å². The van der Waals surface area contributed by atoms with E-state index in [0.717, 1.165) is 0 Å². The van der Waals surface area contributed by atoms with Gasteiger partial charge in [0.05, 0.1) is 24.5 Å². The molecule has 0 aromatic carbocycles. The second-order valence-electron chi connectivity index (χ2n) is 3.06. The van der Waals surface area contributed by atoms with Crippen molar-refractivity contribution in [3.05, 3.63) is 24.0 Å². The second kappa shape index (κ2) is 5.98. The third-order valence-electron chi connectivity index (χ3n) is 1.91. The first-order valence-corrected chi connectivity index (χ1v) is 4.69. The molecule has 3 N–H and O–H groups in total. The van der Waals surface area contributed by atoms with Gasteiger partial charge in [-0.05, 0) is 12.1 Å². The number of ether oxygens (including phenoxy) is 1. The number of nitrogens with two attached hydrogens (primary N) is 1. The summed E-state index contributed by atoms with van der Waals surface area (Å²) in [6.07, 6.45) is 2.00. The molecule has 1 aromatic rings. The number of amides is 1. The molecule has 1 aromatic heterocycles. The van der Waals surface area contributed by atoms with E-state index in [1.165, 1.54) is 0 Å². The SMILES string of the molecule is COCCC(=O)NCc1ncccc1N. The normalized spacial score (nSPS) is 9.93. The van der Waals surface area contributed by atoms with Crippen LogP contribution in [0.5, 0.6) is 0 Å². The quantitative estimate of drug-likeness (QED) is 0.732. The van der Waals surface area contributed by atoms with E-state index >= 15 is 0 Å². The summed E-state index contributed by atoms with van der Waals surface area (Å²) >= 11 is 0. The Morgan fingerprint density at radius 1 is 1.67 bits per heavy atom. The van der Waals surface area contributed by atoms with Crippen molar-refractivity contribution in [3.63, 3.8) is 0 Å². The van der Waals surface area contributed by atoms with E-state index < -0.39 is 0 Å². The van der Waals surface area contributed by atoms with Crippen LogP contribution in [0.1, 0.15) is 12.1 Å². The molecule has 1 amide bonds. The van der Waals surface area contributed by atoms with E-state index in [9.17, 15) is 4.79 Å². The van der Waals surface area contributed by atoms with E-state index in [4.69, 9.17) is 10.5 Å². The highest BCUT2D eigenvalue weighted by Crippen LogP contribution is 2.05. The van der Waals surface area contributed by atoms with Crippen molar-refractivity contribution in [2.75, 3.05) is 19.5 Å². The zero-order valence-corrected chi connectivity index (χ0v) is 8.69. The lowest BCUT2D eigenvalue weighted by molar-refractivity contribution is -0.122. The van der Waals surface area contributed by atoms with Gasteiger partial charge in [0.2, 0.25) is 5.91 Å². The highest BCUT2D eigenvalue weighted by molar-refractivity contribution is 5.76. The molecule has 0 atom stereocenters. The number of methoxy groups -OCH3 is 1. The van der Waals surface area contributed by atoms with E-state index in [0.29, 0.717) is 31.0 Å². The maximum atomic E-state index is 11.2. The predicted octanol–water partition coefficient (Wildman–Crippen LogP) is 0.316. The van der Waals surface area contributed by atoms with E-state index in [-0.39, 0.29) is 5.91 Å². The van der Waals surface area contributed by atoms with Crippen LogP contribution in [0.25, 0.3) is 0 Å². The topological polar surface area (TPSA) is 77.2 Å². The summed E-state index contributed by atoms with van der Waals surface area (Å²) in [6.45, 7) is 0.777. The number of pyridine rings is 1. The summed E-state index contributed by atoms with van der Waals surface area (Å²) in [5.41, 5.74) is 6.94. The number of hydrogen-bond donors (Lipinski definition) is 2. The fourth-order valence-electron chi connectivity index (χ4n) is 1.06. The van der Waals surface area contributed by atoms with Crippen LogP contribution in [0.15, 0.2) is 18.3 Å². The van der Waals surface area contributed by atoms with Crippen LogP contribution in [0, 0.1) is 0 Å². The van der Waals surface area contributed by atoms with Gasteiger partial charge in [-0.25, -0.2) is 0 Å². The summed E-state index contributed by atoms with van der Waals surface area (Å²) < 4.78 is 4.79. The molecule has 0 aliphatic heterocycles. The molecule has 1 heterocycles. The minimum atomic E-state index is -0.0677. The first-order chi connectivity index (χ1) is 7.24. The van der Waals surface area contributed by atoms with Gasteiger partial charge in [-0.15, -0.1) is 0 Å². The minimum absolute atomic E-state index is 0.0677. The van der Waals surface area contributed by atoms with Gasteiger partial charge in [-0.3, -0.25) is 9.78 Å². The van der Waals surface area contributed by atoms with Crippen LogP contribution in [0.4, 0.5) is 5.69 Å². The van der Waals surface area contributed by atoms with Gasteiger partial charge in [-0.1, -0.05) is 0 Å². The van der Waals surface area contributed by atoms with Crippen molar-refractivity contribution in [2.45, 2.75) is 13.0 Å². The Balaban J connectivity index is 2.37. The van der Waals surface area contributed by atoms with Gasteiger partial charge in [0, 0.05) is 19.7 Å². The first-order valence-electron chi connectivity index (χ1n) is 4.69. The van der Waals surface area contributed by atoms with Crippen molar-refractivity contribution in [3.8, 4) is 0 Å². The number of nitrogen functional groups attached to an aromatic ring is 1. The van der Waals surface area contributed by atoms with Crippen molar-refractivity contribution in [1.82, 2.24) is 10.3 Å². The fraction of sp³-hybridized carbons (Fsp3) is 0.400. The lowest BCUT2D eigenvalue weighted by Crippen LogP contribution is -2.24. The van der Waals surface area contributed by atoms with Gasteiger partial charge < -0.3 is 15.8 Å². The van der Waals surface area contributed by atoms with Crippen LogP contribution in [0.3, 0.4) is 0 Å². The molecule has 0 saturated carbocycles. The molecule has 5 heteroatoms. The number of nitrogens with one attached hydrogen (secondary N) is 1. The van der Waals surface area contributed by atoms with E-state index in [2.05, 4.69) is 10.3 Å². The Morgan fingerprint density at radius 2 is 2.47 bits per heavy atom. The van der Waals surface area contributed by atoms with Crippen molar-refractivity contribution in [2.24, 2.45) is 0 Å². The molecule has 5 nitrogen and oxygen atoms in total. The Hall–Kier alpha value is -1.62. The molecule has 0 saturated heterocycles. The number of carbonyl (C=O) groups excluding carboxylic acids is 1. The average Bonchev–Trinajstić information content (AvgIpc) is 2.25. The lowest BCUT2D eigenvalue weighted by atomic mass is 10.3. The van der Waals surface area contributed by atoms with Crippen LogP contribution >= 0.6 is 0 Å². The number of anilines is 1. The number of nitrogens with zero attached hydrogens (tertiary/aromatic N) is 1. The molecule has 0 unspecified atom stereocenters. The molecule has 1 rings (SSSR count). The summed E-state index contributed by atoms with van der Waals surface area (Å²) in [7, 11) is 1.56. The molecule has 15 heavy (non-hydrogen) atoms. The van der Waals surface area contributed by atoms with Crippen molar-refractivity contribution in [1.29, 1.82) is 0 Å². The molecule has 0 fully saturated rings. The zero-order valence-electron chi connectivity index (χ0n) is 8.69. The molecule has 0 radical (unpaired) electrons. The van der Waals surface area contributed by atoms with E-state index in [1.807, 2.05) is 0 Å². The molecule has 82 valence electrons. The van der Waals surface area contributed by atoms with Crippen molar-refractivity contribution < 1.29 is 9.53 Å². The number of hydrogen-bond acceptors (Lipinski definition) is 4. The Kier molecular flexibility index (Phi) is 4.56. The zero-order chi connectivity index (χ0) is 11.1. The van der Waals surface area contributed by atoms with Gasteiger partial charge in [0.25, 0.3) is 0 Å². The highest BCUT2D eigenvalue weighted by atomic mass is 16.5. The van der Waals surface area contributed by atoms with Crippen LogP contribution in [-0.2, 0) is 16.1 Å². The van der Waals surface area contributed by atoms with Gasteiger partial charge in [0.15, 0.2) is 0 Å². The summed E-state index contributed by atoms with van der Waals surface area (Å²) in [6, 6.07) is 3.51. The molecule has 0 spiro atoms. The maximum absolute atomic E-state index is 11.2. The third-order valence-corrected chi connectivity index (χ3v) is 1.91. The lowest BCUT2D eigenvalue weighted by Gasteiger charge is -2.06. The van der Waals surface area contributed by atoms with Crippen molar-refractivity contribution >= 4 is 11.6 Å². The molecule has 0 bridgehead atoms. The van der Waals surface area contributed by atoms with Gasteiger partial charge in [0.1, 0.15) is 0 Å². The number of rotatable bonds is 5. The Labute approximate surface area is 88.6 Å². The van der Waals surface area contributed by atoms with Crippen LogP contribution in [-0.4, -0.2) is 24.6 Å². The standard InChI is InChI=1S/C10H15N3O2/c1-15-6-4-10(14)13-7-9-8(11)3-2-5-12-9/h2-3,5H,4,6-7,11H2,1H3,(H,13,14). The monoisotopic (exact) mass is 209 g/mol. The maximum Gasteiger partial charge on any atom is 0.222 e.